The Morgan fingerprint density at radius 2 is 0.571 bits per heavy atom. The van der Waals surface area contributed by atoms with Crippen LogP contribution in [0.2, 0.25) is 0 Å². The summed E-state index contributed by atoms with van der Waals surface area (Å²) in [7, 11) is 0. The minimum atomic E-state index is -0.774. The lowest BCUT2D eigenvalue weighted by atomic mass is 10.0. The van der Waals surface area contributed by atoms with Crippen LogP contribution in [-0.4, -0.2) is 37.2 Å². The smallest absolute Gasteiger partial charge is 0.306 e. The molecule has 0 bridgehead atoms. The van der Waals surface area contributed by atoms with Gasteiger partial charge in [-0.3, -0.25) is 14.4 Å². The molecular weight excluding hydrogens is 865 g/mol. The van der Waals surface area contributed by atoms with Crippen LogP contribution in [0.4, 0.5) is 0 Å². The molecule has 1 atom stereocenters. The third-order valence-electron chi connectivity index (χ3n) is 12.9. The van der Waals surface area contributed by atoms with Crippen LogP contribution >= 0.6 is 0 Å². The largest absolute Gasteiger partial charge is 0.462 e. The van der Waals surface area contributed by atoms with E-state index in [2.05, 4.69) is 93.7 Å². The molecule has 6 nitrogen and oxygen atoms in total. The zero-order chi connectivity index (χ0) is 50.7. The molecule has 0 aliphatic rings. The van der Waals surface area contributed by atoms with Crippen LogP contribution < -0.4 is 0 Å². The number of allylic oxidation sites excluding steroid dienone is 12. The quantitative estimate of drug-likeness (QED) is 0.0261. The Morgan fingerprint density at radius 1 is 0.300 bits per heavy atom. The van der Waals surface area contributed by atoms with Gasteiger partial charge in [0.25, 0.3) is 0 Å². The first-order valence-corrected chi connectivity index (χ1v) is 29.9. The van der Waals surface area contributed by atoms with Crippen LogP contribution in [0, 0.1) is 0 Å². The van der Waals surface area contributed by atoms with Gasteiger partial charge in [-0.25, -0.2) is 0 Å². The summed E-state index contributed by atoms with van der Waals surface area (Å²) in [6.07, 6.45) is 74.9. The van der Waals surface area contributed by atoms with Crippen molar-refractivity contribution >= 4 is 17.9 Å². The predicted molar refractivity (Wildman–Crippen MR) is 302 cm³/mol. The number of rotatable bonds is 54. The lowest BCUT2D eigenvalue weighted by Gasteiger charge is -2.18. The molecule has 0 spiro atoms. The Labute approximate surface area is 433 Å². The van der Waals surface area contributed by atoms with Gasteiger partial charge in [0, 0.05) is 19.3 Å². The third kappa shape index (κ3) is 55.8. The van der Waals surface area contributed by atoms with Gasteiger partial charge in [-0.2, -0.15) is 0 Å². The molecule has 0 heterocycles. The van der Waals surface area contributed by atoms with Gasteiger partial charge in [0.05, 0.1) is 0 Å². The van der Waals surface area contributed by atoms with Crippen LogP contribution in [0.25, 0.3) is 0 Å². The van der Waals surface area contributed by atoms with Gasteiger partial charge in [-0.15, -0.1) is 0 Å². The second-order valence-electron chi connectivity index (χ2n) is 19.9. The maximum absolute atomic E-state index is 12.8. The molecule has 0 saturated heterocycles. The molecule has 0 aromatic heterocycles. The Morgan fingerprint density at radius 3 is 0.929 bits per heavy atom. The summed E-state index contributed by atoms with van der Waals surface area (Å²) < 4.78 is 16.8. The van der Waals surface area contributed by atoms with Gasteiger partial charge < -0.3 is 14.2 Å². The zero-order valence-electron chi connectivity index (χ0n) is 46.3. The molecule has 70 heavy (non-hydrogen) atoms. The average molecular weight is 978 g/mol. The van der Waals surface area contributed by atoms with E-state index < -0.39 is 6.10 Å². The number of hydrogen-bond acceptors (Lipinski definition) is 6. The van der Waals surface area contributed by atoms with Crippen molar-refractivity contribution in [1.29, 1.82) is 0 Å². The second-order valence-corrected chi connectivity index (χ2v) is 19.9. The summed E-state index contributed by atoms with van der Waals surface area (Å²) in [6, 6.07) is 0. The molecule has 404 valence electrons. The van der Waals surface area contributed by atoms with E-state index in [-0.39, 0.29) is 31.1 Å². The number of ether oxygens (including phenoxy) is 3. The molecule has 1 unspecified atom stereocenters. The molecule has 0 amide bonds. The normalized spacial score (nSPS) is 12.6. The molecule has 0 aromatic carbocycles. The molecular formula is C64H112O6. The van der Waals surface area contributed by atoms with E-state index >= 15 is 0 Å². The molecule has 0 aliphatic heterocycles. The molecule has 0 N–H and O–H groups in total. The number of carbonyl (C=O) groups excluding carboxylic acids is 3. The highest BCUT2D eigenvalue weighted by atomic mass is 16.6. The van der Waals surface area contributed by atoms with Crippen molar-refractivity contribution in [3.05, 3.63) is 72.9 Å². The fourth-order valence-corrected chi connectivity index (χ4v) is 8.45. The molecule has 0 radical (unpaired) electrons. The first-order chi connectivity index (χ1) is 34.5. The number of unbranched alkanes of at least 4 members (excludes halogenated alkanes) is 31. The Bertz CT molecular complexity index is 1310. The van der Waals surface area contributed by atoms with Crippen LogP contribution in [0.3, 0.4) is 0 Å². The molecule has 0 fully saturated rings. The number of esters is 3. The summed E-state index contributed by atoms with van der Waals surface area (Å²) in [5, 5.41) is 0. The van der Waals surface area contributed by atoms with Gasteiger partial charge >= 0.3 is 17.9 Å². The van der Waals surface area contributed by atoms with Crippen LogP contribution in [0.1, 0.15) is 297 Å². The van der Waals surface area contributed by atoms with E-state index in [4.69, 9.17) is 14.2 Å². The van der Waals surface area contributed by atoms with Crippen LogP contribution in [0.5, 0.6) is 0 Å². The lowest BCUT2D eigenvalue weighted by molar-refractivity contribution is -0.167. The minimum absolute atomic E-state index is 0.0745. The van der Waals surface area contributed by atoms with E-state index in [1.54, 1.807) is 0 Å². The van der Waals surface area contributed by atoms with Crippen molar-refractivity contribution < 1.29 is 28.6 Å². The Hall–Kier alpha value is -3.15. The monoisotopic (exact) mass is 977 g/mol. The first-order valence-electron chi connectivity index (χ1n) is 29.9. The third-order valence-corrected chi connectivity index (χ3v) is 12.9. The van der Waals surface area contributed by atoms with Crippen molar-refractivity contribution in [1.82, 2.24) is 0 Å². The molecule has 0 rings (SSSR count). The number of hydrogen-bond donors (Lipinski definition) is 0. The molecule has 6 heteroatoms. The Balaban J connectivity index is 4.07. The SMILES string of the molecule is CC/C=C\C/C=C\C/C=C\C/C=C\C/C=C\CCCCCCCCCCCCCCCCCC(=O)OCC(COC(=O)CCCCCCCCCCCC)OC(=O)CCCCCCC/C=C\CCCC. The van der Waals surface area contributed by atoms with Gasteiger partial charge in [-0.05, 0) is 83.5 Å². The maximum atomic E-state index is 12.8. The van der Waals surface area contributed by atoms with E-state index in [0.717, 1.165) is 103 Å². The fourth-order valence-electron chi connectivity index (χ4n) is 8.45. The lowest BCUT2D eigenvalue weighted by Crippen LogP contribution is -2.30. The van der Waals surface area contributed by atoms with Crippen LogP contribution in [0.15, 0.2) is 72.9 Å². The van der Waals surface area contributed by atoms with Gasteiger partial charge in [0.15, 0.2) is 6.10 Å². The summed E-state index contributed by atoms with van der Waals surface area (Å²) in [6.45, 7) is 6.49. The summed E-state index contributed by atoms with van der Waals surface area (Å²) in [4.78, 5) is 38.0. The average Bonchev–Trinajstić information content (AvgIpc) is 3.36. The highest BCUT2D eigenvalue weighted by Crippen LogP contribution is 2.16. The maximum Gasteiger partial charge on any atom is 0.306 e. The summed E-state index contributed by atoms with van der Waals surface area (Å²) >= 11 is 0. The molecule has 0 saturated carbocycles. The second kappa shape index (κ2) is 58.4. The van der Waals surface area contributed by atoms with E-state index in [1.807, 2.05) is 0 Å². The Kier molecular flexibility index (Phi) is 55.8. The van der Waals surface area contributed by atoms with Crippen LogP contribution in [-0.2, 0) is 28.6 Å². The van der Waals surface area contributed by atoms with Crippen molar-refractivity contribution in [2.24, 2.45) is 0 Å². The van der Waals surface area contributed by atoms with Crippen molar-refractivity contribution in [3.63, 3.8) is 0 Å². The molecule has 0 aliphatic carbocycles. The minimum Gasteiger partial charge on any atom is -0.462 e. The summed E-state index contributed by atoms with van der Waals surface area (Å²) in [5.74, 6) is -0.877. The fraction of sp³-hybridized carbons (Fsp3) is 0.766. The van der Waals surface area contributed by atoms with E-state index in [0.29, 0.717) is 19.3 Å². The van der Waals surface area contributed by atoms with E-state index in [9.17, 15) is 14.4 Å². The highest BCUT2D eigenvalue weighted by molar-refractivity contribution is 5.71. The predicted octanol–water partition coefficient (Wildman–Crippen LogP) is 20.2. The molecule has 0 aromatic rings. The van der Waals surface area contributed by atoms with Crippen molar-refractivity contribution in [2.45, 2.75) is 303 Å². The standard InChI is InChI=1S/C64H112O6/c1-4-7-10-13-16-19-22-23-24-25-26-27-28-29-30-31-32-33-34-35-36-37-38-39-40-41-43-45-48-51-54-57-63(66)69-60-61(59-68-62(65)56-53-50-47-44-21-18-15-12-9-6-3)70-64(67)58-55-52-49-46-42-20-17-14-11-8-5-2/h7,10,14,16-17,19,23-24,26-27,29-30,61H,4-6,8-9,11-13,15,18,20-22,25,28,31-60H2,1-3H3/b10-7-,17-14-,19-16-,24-23-,27-26-,30-29-. The van der Waals surface area contributed by atoms with E-state index in [1.165, 1.54) is 154 Å². The zero-order valence-corrected chi connectivity index (χ0v) is 46.3. The van der Waals surface area contributed by atoms with Gasteiger partial charge in [0.1, 0.15) is 13.2 Å². The van der Waals surface area contributed by atoms with Gasteiger partial charge in [0.2, 0.25) is 0 Å². The topological polar surface area (TPSA) is 78.9 Å². The van der Waals surface area contributed by atoms with Crippen molar-refractivity contribution in [2.75, 3.05) is 13.2 Å². The highest BCUT2D eigenvalue weighted by Gasteiger charge is 2.19. The first kappa shape index (κ1) is 66.9. The van der Waals surface area contributed by atoms with Gasteiger partial charge in [-0.1, -0.05) is 267 Å². The van der Waals surface area contributed by atoms with Crippen molar-refractivity contribution in [3.8, 4) is 0 Å². The summed E-state index contributed by atoms with van der Waals surface area (Å²) in [5.41, 5.74) is 0. The number of carbonyl (C=O) groups is 3.